The molecule has 4 heterocycles. The van der Waals surface area contributed by atoms with Crippen LogP contribution in [0.1, 0.15) is 79.9 Å². The van der Waals surface area contributed by atoms with Gasteiger partial charge in [0.25, 0.3) is 0 Å². The molecule has 6 heteroatoms. The van der Waals surface area contributed by atoms with Gasteiger partial charge in [-0.3, -0.25) is 14.7 Å². The zero-order chi connectivity index (χ0) is 22.6. The van der Waals surface area contributed by atoms with Crippen molar-refractivity contribution in [2.45, 2.75) is 76.4 Å². The van der Waals surface area contributed by atoms with Gasteiger partial charge in [-0.2, -0.15) is 0 Å². The van der Waals surface area contributed by atoms with E-state index in [1.54, 1.807) is 6.92 Å². The average molecular weight is 449 g/mol. The van der Waals surface area contributed by atoms with Gasteiger partial charge in [0, 0.05) is 49.7 Å². The summed E-state index contributed by atoms with van der Waals surface area (Å²) in [6, 6.07) is 8.29. The summed E-state index contributed by atoms with van der Waals surface area (Å²) in [5.74, 6) is 1.83. The number of fused-ring (bicyclic) bond motifs is 1. The normalized spacial score (nSPS) is 21.4. The van der Waals surface area contributed by atoms with Crippen LogP contribution < -0.4 is 5.32 Å². The summed E-state index contributed by atoms with van der Waals surface area (Å²) in [7, 11) is 0. The molecule has 0 spiro atoms. The molecule has 0 radical (unpaired) electrons. The van der Waals surface area contributed by atoms with Crippen LogP contribution in [0.3, 0.4) is 0 Å². The van der Waals surface area contributed by atoms with E-state index in [1.165, 1.54) is 30.5 Å². The van der Waals surface area contributed by atoms with Crippen molar-refractivity contribution >= 4 is 11.6 Å². The summed E-state index contributed by atoms with van der Waals surface area (Å²) < 4.78 is 6.22. The average Bonchev–Trinajstić information content (AvgIpc) is 3.58. The zero-order valence-corrected chi connectivity index (χ0v) is 19.8. The van der Waals surface area contributed by atoms with E-state index in [1.807, 2.05) is 12.3 Å². The molecule has 2 aromatic heterocycles. The number of aryl methyl sites for hydroxylation is 2. The summed E-state index contributed by atoms with van der Waals surface area (Å²) >= 11 is 0. The molecule has 5 rings (SSSR count). The molecule has 3 aliphatic rings. The number of carbonyl (C=O) groups is 1. The number of anilines is 1. The number of aromatic nitrogens is 2. The minimum Gasteiger partial charge on any atom is -0.377 e. The molecule has 0 amide bonds. The van der Waals surface area contributed by atoms with Crippen LogP contribution in [0.4, 0.5) is 5.82 Å². The molecule has 1 aliphatic carbocycles. The highest BCUT2D eigenvalue weighted by Crippen LogP contribution is 2.43. The van der Waals surface area contributed by atoms with Crippen molar-refractivity contribution in [3.63, 3.8) is 0 Å². The van der Waals surface area contributed by atoms with Gasteiger partial charge in [-0.05, 0) is 81.5 Å². The molecule has 0 aromatic carbocycles. The number of rotatable bonds is 10. The first kappa shape index (κ1) is 22.5. The summed E-state index contributed by atoms with van der Waals surface area (Å²) in [5.41, 5.74) is 4.76. The maximum absolute atomic E-state index is 12.6. The smallest absolute Gasteiger partial charge is 0.151 e. The van der Waals surface area contributed by atoms with E-state index in [0.29, 0.717) is 5.92 Å². The first-order valence-corrected chi connectivity index (χ1v) is 12.7. The van der Waals surface area contributed by atoms with Gasteiger partial charge in [0.15, 0.2) is 5.78 Å². The summed E-state index contributed by atoms with van der Waals surface area (Å²) in [5, 5.41) is 3.42. The highest BCUT2D eigenvalue weighted by Gasteiger charge is 2.36. The van der Waals surface area contributed by atoms with Gasteiger partial charge in [0.05, 0.1) is 12.1 Å². The number of likely N-dealkylation sites (tertiary alicyclic amines) is 1. The van der Waals surface area contributed by atoms with Crippen LogP contribution >= 0.6 is 0 Å². The Morgan fingerprint density at radius 1 is 1.24 bits per heavy atom. The second-order valence-corrected chi connectivity index (χ2v) is 9.84. The fourth-order valence-corrected chi connectivity index (χ4v) is 5.32. The van der Waals surface area contributed by atoms with Crippen LogP contribution in [0.5, 0.6) is 0 Å². The van der Waals surface area contributed by atoms with E-state index in [9.17, 15) is 4.79 Å². The van der Waals surface area contributed by atoms with Crippen LogP contribution in [0.15, 0.2) is 30.5 Å². The Balaban J connectivity index is 1.08. The van der Waals surface area contributed by atoms with Gasteiger partial charge in [0.2, 0.25) is 0 Å². The van der Waals surface area contributed by atoms with Gasteiger partial charge in [-0.25, -0.2) is 4.98 Å². The standard InChI is InChI=1S/C27H36N4O2/c1-19(32)26(24-8-5-14-28-25(24)20-9-10-20)31-16-13-23(18-31)33-17-3-2-7-22-12-11-21-6-4-15-29-27(21)30-22/h5,8,11-12,14,20,23,26H,2-4,6-7,9-10,13,15-18H2,1H3,(H,29,30)/t23-,26+/m1/s1. The van der Waals surface area contributed by atoms with E-state index in [-0.39, 0.29) is 17.9 Å². The highest BCUT2D eigenvalue weighted by molar-refractivity contribution is 5.83. The van der Waals surface area contributed by atoms with Crippen molar-refractivity contribution in [1.82, 2.24) is 14.9 Å². The molecule has 33 heavy (non-hydrogen) atoms. The van der Waals surface area contributed by atoms with E-state index < -0.39 is 0 Å². The van der Waals surface area contributed by atoms with Gasteiger partial charge >= 0.3 is 0 Å². The van der Waals surface area contributed by atoms with Crippen LogP contribution in [-0.2, 0) is 22.4 Å². The molecule has 6 nitrogen and oxygen atoms in total. The predicted octanol–water partition coefficient (Wildman–Crippen LogP) is 4.46. The molecule has 2 atom stereocenters. The number of hydrogen-bond acceptors (Lipinski definition) is 6. The molecule has 0 unspecified atom stereocenters. The van der Waals surface area contributed by atoms with Crippen molar-refractivity contribution in [1.29, 1.82) is 0 Å². The number of ether oxygens (including phenoxy) is 1. The van der Waals surface area contributed by atoms with E-state index in [4.69, 9.17) is 9.72 Å². The minimum absolute atomic E-state index is 0.188. The number of Topliss-reactive ketones (excluding diaryl/α,β-unsaturated/α-hetero) is 1. The monoisotopic (exact) mass is 448 g/mol. The van der Waals surface area contributed by atoms with Gasteiger partial charge in [0.1, 0.15) is 5.82 Å². The number of nitrogens with one attached hydrogen (secondary N) is 1. The lowest BCUT2D eigenvalue weighted by Crippen LogP contribution is -2.33. The Morgan fingerprint density at radius 3 is 3.00 bits per heavy atom. The Hall–Kier alpha value is -2.31. The molecule has 1 saturated carbocycles. The van der Waals surface area contributed by atoms with Crippen molar-refractivity contribution in [2.75, 3.05) is 31.6 Å². The number of nitrogens with zero attached hydrogens (tertiary/aromatic N) is 3. The third-order valence-electron chi connectivity index (χ3n) is 7.19. The lowest BCUT2D eigenvalue weighted by Gasteiger charge is -2.27. The van der Waals surface area contributed by atoms with Crippen molar-refractivity contribution < 1.29 is 9.53 Å². The number of unbranched alkanes of at least 4 members (excludes halogenated alkanes) is 1. The maximum atomic E-state index is 12.6. The lowest BCUT2D eigenvalue weighted by atomic mass is 9.98. The predicted molar refractivity (Wildman–Crippen MR) is 130 cm³/mol. The molecular formula is C27H36N4O2. The molecule has 0 bridgehead atoms. The van der Waals surface area contributed by atoms with E-state index in [2.05, 4.69) is 33.4 Å². The van der Waals surface area contributed by atoms with Crippen molar-refractivity contribution in [3.8, 4) is 0 Å². The third kappa shape index (κ3) is 5.44. The number of carbonyl (C=O) groups excluding carboxylic acids is 1. The van der Waals surface area contributed by atoms with Crippen molar-refractivity contribution in [3.05, 3.63) is 53.0 Å². The Morgan fingerprint density at radius 2 is 2.15 bits per heavy atom. The fraction of sp³-hybridized carbons (Fsp3) is 0.593. The van der Waals surface area contributed by atoms with Crippen LogP contribution in [0.2, 0.25) is 0 Å². The number of ketones is 1. The molecular weight excluding hydrogens is 412 g/mol. The summed E-state index contributed by atoms with van der Waals surface area (Å²) in [6.07, 6.45) is 10.9. The number of hydrogen-bond donors (Lipinski definition) is 1. The second kappa shape index (κ2) is 10.3. The zero-order valence-electron chi connectivity index (χ0n) is 19.8. The van der Waals surface area contributed by atoms with Crippen molar-refractivity contribution in [2.24, 2.45) is 0 Å². The lowest BCUT2D eigenvalue weighted by molar-refractivity contribution is -0.122. The molecule has 2 aliphatic heterocycles. The first-order chi connectivity index (χ1) is 16.2. The largest absolute Gasteiger partial charge is 0.377 e. The van der Waals surface area contributed by atoms with E-state index in [0.717, 1.165) is 75.4 Å². The third-order valence-corrected chi connectivity index (χ3v) is 7.19. The van der Waals surface area contributed by atoms with Gasteiger partial charge in [-0.15, -0.1) is 0 Å². The molecule has 176 valence electrons. The minimum atomic E-state index is -0.188. The molecule has 1 saturated heterocycles. The maximum Gasteiger partial charge on any atom is 0.151 e. The Kier molecular flexibility index (Phi) is 7.02. The second-order valence-electron chi connectivity index (χ2n) is 9.84. The Bertz CT molecular complexity index is 974. The van der Waals surface area contributed by atoms with Crippen LogP contribution in [0, 0.1) is 0 Å². The van der Waals surface area contributed by atoms with Gasteiger partial charge < -0.3 is 10.1 Å². The first-order valence-electron chi connectivity index (χ1n) is 12.7. The van der Waals surface area contributed by atoms with Crippen LogP contribution in [0.25, 0.3) is 0 Å². The summed E-state index contributed by atoms with van der Waals surface area (Å²) in [6.45, 7) is 5.24. The summed E-state index contributed by atoms with van der Waals surface area (Å²) in [4.78, 5) is 24.4. The molecule has 2 aromatic rings. The van der Waals surface area contributed by atoms with E-state index >= 15 is 0 Å². The Labute approximate surface area is 197 Å². The topological polar surface area (TPSA) is 67.4 Å². The molecule has 1 N–H and O–H groups in total. The SMILES string of the molecule is CC(=O)[C@@H](c1cccnc1C1CC1)N1CC[C@@H](OCCCCc2ccc3c(n2)NCCC3)C1. The number of pyridine rings is 2. The molecule has 2 fully saturated rings. The highest BCUT2D eigenvalue weighted by atomic mass is 16.5. The van der Waals surface area contributed by atoms with Gasteiger partial charge in [-0.1, -0.05) is 12.1 Å². The fourth-order valence-electron chi connectivity index (χ4n) is 5.32. The quantitative estimate of drug-likeness (QED) is 0.542. The van der Waals surface area contributed by atoms with Crippen LogP contribution in [-0.4, -0.2) is 53.0 Å².